The Morgan fingerprint density at radius 2 is 1.15 bits per heavy atom. The van der Waals surface area contributed by atoms with Gasteiger partial charge in [-0.15, -0.1) is 0 Å². The van der Waals surface area contributed by atoms with E-state index in [0.717, 1.165) is 16.6 Å². The van der Waals surface area contributed by atoms with Crippen molar-refractivity contribution in [3.8, 4) is 0 Å². The number of carbonyl (C=O) groups is 3. The van der Waals surface area contributed by atoms with Crippen LogP contribution < -0.4 is 0 Å². The van der Waals surface area contributed by atoms with Crippen molar-refractivity contribution in [1.82, 2.24) is 35.0 Å². The van der Waals surface area contributed by atoms with E-state index in [1.807, 2.05) is 18.2 Å². The first kappa shape index (κ1) is 25.5. The van der Waals surface area contributed by atoms with E-state index in [2.05, 4.69) is 20.3 Å². The summed E-state index contributed by atoms with van der Waals surface area (Å²) in [6.07, 6.45) is 0. The number of nitrogens with one attached hydrogen (secondary N) is 1. The molecule has 1 fully saturated rings. The summed E-state index contributed by atoms with van der Waals surface area (Å²) in [6, 6.07) is 5.74. The fourth-order valence-electron chi connectivity index (χ4n) is 4.08. The van der Waals surface area contributed by atoms with Gasteiger partial charge in [0.1, 0.15) is 11.0 Å². The van der Waals surface area contributed by atoms with Crippen LogP contribution in [0.1, 0.15) is 5.56 Å². The zero-order valence-corrected chi connectivity index (χ0v) is 19.0. The fourth-order valence-corrected chi connectivity index (χ4v) is 4.08. The monoisotopic (exact) mass is 477 g/mol. The van der Waals surface area contributed by atoms with Gasteiger partial charge in [0.2, 0.25) is 0 Å². The lowest BCUT2D eigenvalue weighted by Crippen LogP contribution is -2.48. The van der Waals surface area contributed by atoms with Crippen molar-refractivity contribution in [1.29, 1.82) is 0 Å². The molecule has 34 heavy (non-hydrogen) atoms. The molecule has 2 aromatic rings. The van der Waals surface area contributed by atoms with Crippen LogP contribution in [0.15, 0.2) is 18.2 Å². The van der Waals surface area contributed by atoms with Gasteiger partial charge >= 0.3 is 17.9 Å². The quantitative estimate of drug-likeness (QED) is 0.364. The number of hydrogen-bond acceptors (Lipinski definition) is 9. The van der Waals surface area contributed by atoms with Gasteiger partial charge in [0.05, 0.1) is 19.6 Å². The van der Waals surface area contributed by atoms with Crippen LogP contribution >= 0.6 is 0 Å². The van der Waals surface area contributed by atoms with E-state index in [-0.39, 0.29) is 19.6 Å². The number of rotatable bonds is 8. The van der Waals surface area contributed by atoms with E-state index in [4.69, 9.17) is 0 Å². The van der Waals surface area contributed by atoms with Gasteiger partial charge in [-0.25, -0.2) is 0 Å². The second-order valence-electron chi connectivity index (χ2n) is 8.39. The normalized spacial score (nSPS) is 18.4. The van der Waals surface area contributed by atoms with Crippen LogP contribution in [-0.2, 0) is 20.9 Å². The summed E-state index contributed by atoms with van der Waals surface area (Å²) in [5.74, 6) is -2.86. The Morgan fingerprint density at radius 3 is 1.59 bits per heavy atom. The molecule has 0 aliphatic carbocycles. The van der Waals surface area contributed by atoms with Gasteiger partial charge in [-0.3, -0.25) is 34.0 Å². The minimum absolute atomic E-state index is 0.140. The molecule has 0 spiro atoms. The smallest absolute Gasteiger partial charge is 0.317 e. The van der Waals surface area contributed by atoms with E-state index in [1.165, 1.54) is 0 Å². The molecule has 0 bridgehead atoms. The zero-order valence-electron chi connectivity index (χ0n) is 19.0. The minimum Gasteiger partial charge on any atom is -0.480 e. The lowest BCUT2D eigenvalue weighted by molar-refractivity contribution is -0.140. The molecule has 13 heteroatoms. The van der Waals surface area contributed by atoms with Crippen molar-refractivity contribution in [2.75, 3.05) is 72.0 Å². The highest BCUT2D eigenvalue weighted by atomic mass is 16.4. The second-order valence-corrected chi connectivity index (χ2v) is 8.39. The number of benzene rings is 1. The van der Waals surface area contributed by atoms with Gasteiger partial charge in [-0.1, -0.05) is 12.1 Å². The standard InChI is InChI=1S/C21H31N7O6/c29-18(30)13-26-6-4-25(12-16-2-1-3-17-21(16)23-24-22-17)5-7-27(14-19(31)32)9-11-28(10-8-26)15-20(33)34/h1-3H,4-15H2,(H,29,30)(H,31,32)(H,33,34)(H,22,23,24). The topological polar surface area (TPSA) is 166 Å². The summed E-state index contributed by atoms with van der Waals surface area (Å²) in [4.78, 5) is 41.5. The number of carboxylic acids is 3. The molecule has 1 aliphatic heterocycles. The molecule has 13 nitrogen and oxygen atoms in total. The van der Waals surface area contributed by atoms with Gasteiger partial charge in [-0.05, 0) is 11.6 Å². The zero-order chi connectivity index (χ0) is 24.5. The Bertz CT molecular complexity index is 951. The Kier molecular flexibility index (Phi) is 9.27. The molecular formula is C21H31N7O6. The first-order valence-electron chi connectivity index (χ1n) is 11.1. The molecule has 0 saturated carbocycles. The van der Waals surface area contributed by atoms with Crippen molar-refractivity contribution < 1.29 is 29.7 Å². The Hall–Kier alpha value is -3.13. The molecule has 0 amide bonds. The number of H-pyrrole nitrogens is 1. The lowest BCUT2D eigenvalue weighted by atomic mass is 10.1. The largest absolute Gasteiger partial charge is 0.480 e. The van der Waals surface area contributed by atoms with Crippen LogP contribution in [0, 0.1) is 0 Å². The van der Waals surface area contributed by atoms with Gasteiger partial charge in [-0.2, -0.15) is 15.4 Å². The molecule has 0 atom stereocenters. The highest BCUT2D eigenvalue weighted by molar-refractivity contribution is 5.77. The predicted molar refractivity (Wildman–Crippen MR) is 121 cm³/mol. The number of aromatic nitrogens is 3. The maximum atomic E-state index is 11.4. The number of para-hydroxylation sites is 1. The van der Waals surface area contributed by atoms with Crippen LogP contribution in [0.3, 0.4) is 0 Å². The SMILES string of the molecule is O=C(O)CN1CCN(CC(=O)O)CCN(Cc2cccc3n[nH]nc23)CCN(CC(=O)O)CC1. The van der Waals surface area contributed by atoms with Crippen molar-refractivity contribution in [3.05, 3.63) is 23.8 Å². The maximum Gasteiger partial charge on any atom is 0.317 e. The highest BCUT2D eigenvalue weighted by Gasteiger charge is 2.20. The minimum atomic E-state index is -0.977. The predicted octanol–water partition coefficient (Wildman–Crippen LogP) is -1.07. The van der Waals surface area contributed by atoms with E-state index in [1.54, 1.807) is 14.7 Å². The molecule has 4 N–H and O–H groups in total. The van der Waals surface area contributed by atoms with Gasteiger partial charge in [0.15, 0.2) is 0 Å². The molecule has 1 aliphatic rings. The molecular weight excluding hydrogens is 446 g/mol. The van der Waals surface area contributed by atoms with Crippen molar-refractivity contribution in [2.45, 2.75) is 6.54 Å². The molecule has 2 heterocycles. The lowest BCUT2D eigenvalue weighted by Gasteiger charge is -2.33. The summed E-state index contributed by atoms with van der Waals surface area (Å²) in [5, 5.41) is 38.9. The molecule has 1 aromatic heterocycles. The fraction of sp³-hybridized carbons (Fsp3) is 0.571. The van der Waals surface area contributed by atoms with E-state index in [9.17, 15) is 29.7 Å². The molecule has 1 saturated heterocycles. The number of fused-ring (bicyclic) bond motifs is 1. The highest BCUT2D eigenvalue weighted by Crippen LogP contribution is 2.16. The van der Waals surface area contributed by atoms with Crippen LogP contribution in [0.2, 0.25) is 0 Å². The Morgan fingerprint density at radius 1 is 0.706 bits per heavy atom. The van der Waals surface area contributed by atoms with Crippen molar-refractivity contribution >= 4 is 28.9 Å². The average Bonchev–Trinajstić information content (AvgIpc) is 3.24. The van der Waals surface area contributed by atoms with Gasteiger partial charge in [0.25, 0.3) is 0 Å². The van der Waals surface area contributed by atoms with Crippen LogP contribution in [0.5, 0.6) is 0 Å². The summed E-state index contributed by atoms with van der Waals surface area (Å²) in [7, 11) is 0. The summed E-state index contributed by atoms with van der Waals surface area (Å²) >= 11 is 0. The summed E-state index contributed by atoms with van der Waals surface area (Å²) in [5.41, 5.74) is 2.49. The number of nitrogens with zero attached hydrogens (tertiary/aromatic N) is 6. The molecule has 1 aromatic carbocycles. The van der Waals surface area contributed by atoms with Gasteiger partial charge in [0, 0.05) is 58.9 Å². The third-order valence-electron chi connectivity index (χ3n) is 5.83. The summed E-state index contributed by atoms with van der Waals surface area (Å²) < 4.78 is 0. The van der Waals surface area contributed by atoms with Gasteiger partial charge < -0.3 is 15.3 Å². The summed E-state index contributed by atoms with van der Waals surface area (Å²) in [6.45, 7) is 3.68. The number of aliphatic carboxylic acids is 3. The van der Waals surface area contributed by atoms with E-state index < -0.39 is 17.9 Å². The van der Waals surface area contributed by atoms with E-state index in [0.29, 0.717) is 58.9 Å². The average molecular weight is 478 g/mol. The van der Waals surface area contributed by atoms with Crippen LogP contribution in [0.4, 0.5) is 0 Å². The molecule has 0 radical (unpaired) electrons. The van der Waals surface area contributed by atoms with Crippen molar-refractivity contribution in [3.63, 3.8) is 0 Å². The third kappa shape index (κ3) is 8.02. The maximum absolute atomic E-state index is 11.4. The number of carboxylic acid groups (broad SMARTS) is 3. The third-order valence-corrected chi connectivity index (χ3v) is 5.83. The molecule has 3 rings (SSSR count). The first-order valence-corrected chi connectivity index (χ1v) is 11.1. The van der Waals surface area contributed by atoms with Crippen LogP contribution in [-0.4, -0.2) is 140 Å². The number of hydrogen-bond donors (Lipinski definition) is 4. The molecule has 0 unspecified atom stereocenters. The second kappa shape index (κ2) is 12.4. The molecule has 186 valence electrons. The Labute approximate surface area is 196 Å². The van der Waals surface area contributed by atoms with Crippen LogP contribution in [0.25, 0.3) is 11.0 Å². The first-order chi connectivity index (χ1) is 16.3. The van der Waals surface area contributed by atoms with Crippen molar-refractivity contribution in [2.24, 2.45) is 0 Å². The van der Waals surface area contributed by atoms with E-state index >= 15 is 0 Å². The Balaban J connectivity index is 1.78. The number of aromatic amines is 1.